The van der Waals surface area contributed by atoms with Crippen molar-refractivity contribution in [2.24, 2.45) is 35.5 Å². The van der Waals surface area contributed by atoms with Crippen LogP contribution in [0.15, 0.2) is 0 Å². The molecule has 0 spiro atoms. The summed E-state index contributed by atoms with van der Waals surface area (Å²) < 4.78 is 0. The van der Waals surface area contributed by atoms with Gasteiger partial charge in [-0.25, -0.2) is 0 Å². The van der Waals surface area contributed by atoms with E-state index in [0.29, 0.717) is 11.8 Å². The molecule has 0 heterocycles. The van der Waals surface area contributed by atoms with E-state index in [9.17, 15) is 10.2 Å². The predicted molar refractivity (Wildman–Crippen MR) is 111 cm³/mol. The summed E-state index contributed by atoms with van der Waals surface area (Å²) in [6, 6.07) is 0. The molecule has 0 aromatic heterocycles. The molecule has 2 fully saturated rings. The summed E-state index contributed by atoms with van der Waals surface area (Å²) in [5.41, 5.74) is 0. The van der Waals surface area contributed by atoms with Gasteiger partial charge in [-0.2, -0.15) is 0 Å². The van der Waals surface area contributed by atoms with Gasteiger partial charge in [-0.1, -0.05) is 65.2 Å². The molecule has 2 N–H and O–H groups in total. The average Bonchev–Trinajstić information content (AvgIpc) is 2.59. The molecular formula is C24H46O2. The van der Waals surface area contributed by atoms with Crippen molar-refractivity contribution >= 4 is 0 Å². The second-order valence-electron chi connectivity index (χ2n) is 9.94. The lowest BCUT2D eigenvalue weighted by Crippen LogP contribution is -2.33. The topological polar surface area (TPSA) is 40.5 Å². The highest BCUT2D eigenvalue weighted by molar-refractivity contribution is 4.83. The first kappa shape index (κ1) is 22.2. The molecule has 26 heavy (non-hydrogen) atoms. The maximum atomic E-state index is 10.4. The zero-order chi connectivity index (χ0) is 19.1. The van der Waals surface area contributed by atoms with Crippen LogP contribution in [0.1, 0.15) is 105 Å². The molecule has 2 heteroatoms. The maximum absolute atomic E-state index is 10.4. The fourth-order valence-corrected chi connectivity index (χ4v) is 6.35. The van der Waals surface area contributed by atoms with E-state index in [1.54, 1.807) is 0 Å². The zero-order valence-electron chi connectivity index (χ0n) is 18.0. The number of aliphatic hydroxyl groups excluding tert-OH is 2. The van der Waals surface area contributed by atoms with Crippen molar-refractivity contribution in [3.05, 3.63) is 0 Å². The van der Waals surface area contributed by atoms with Gasteiger partial charge in [0.2, 0.25) is 0 Å². The van der Waals surface area contributed by atoms with Crippen molar-refractivity contribution in [1.82, 2.24) is 0 Å². The fraction of sp³-hybridized carbons (Fsp3) is 1.00. The van der Waals surface area contributed by atoms with E-state index < -0.39 is 0 Å². The molecule has 0 amide bonds. The highest BCUT2D eigenvalue weighted by Crippen LogP contribution is 2.40. The van der Waals surface area contributed by atoms with E-state index in [1.807, 2.05) is 13.8 Å². The number of unbranched alkanes of at least 4 members (excludes halogenated alkanes) is 1. The average molecular weight is 367 g/mol. The summed E-state index contributed by atoms with van der Waals surface area (Å²) in [4.78, 5) is 0. The van der Waals surface area contributed by atoms with Crippen LogP contribution in [-0.4, -0.2) is 22.4 Å². The summed E-state index contributed by atoms with van der Waals surface area (Å²) in [6.07, 6.45) is 15.2. The van der Waals surface area contributed by atoms with Gasteiger partial charge in [0.15, 0.2) is 0 Å². The monoisotopic (exact) mass is 366 g/mol. The zero-order valence-corrected chi connectivity index (χ0v) is 18.0. The molecule has 154 valence electrons. The highest BCUT2D eigenvalue weighted by atomic mass is 16.3. The minimum Gasteiger partial charge on any atom is -0.393 e. The molecule has 2 nitrogen and oxygen atoms in total. The smallest absolute Gasteiger partial charge is 0.0543 e. The fourth-order valence-electron chi connectivity index (χ4n) is 6.35. The molecule has 0 bridgehead atoms. The molecule has 8 atom stereocenters. The van der Waals surface area contributed by atoms with Gasteiger partial charge in [-0.3, -0.25) is 0 Å². The van der Waals surface area contributed by atoms with Crippen LogP contribution in [0.3, 0.4) is 0 Å². The molecule has 0 saturated heterocycles. The third-order valence-corrected chi connectivity index (χ3v) is 8.02. The van der Waals surface area contributed by atoms with Crippen LogP contribution < -0.4 is 0 Å². The molecular weight excluding hydrogens is 320 g/mol. The molecule has 8 unspecified atom stereocenters. The second-order valence-corrected chi connectivity index (χ2v) is 9.94. The van der Waals surface area contributed by atoms with Crippen molar-refractivity contribution in [1.29, 1.82) is 0 Å². The summed E-state index contributed by atoms with van der Waals surface area (Å²) in [7, 11) is 0. The van der Waals surface area contributed by atoms with E-state index in [0.717, 1.165) is 23.7 Å². The Hall–Kier alpha value is -0.0800. The van der Waals surface area contributed by atoms with Crippen molar-refractivity contribution in [2.75, 3.05) is 0 Å². The maximum Gasteiger partial charge on any atom is 0.0543 e. The molecule has 0 aliphatic heterocycles. The Kier molecular flexibility index (Phi) is 9.44. The van der Waals surface area contributed by atoms with Crippen LogP contribution in [-0.2, 0) is 0 Å². The minimum absolute atomic E-state index is 0.175. The molecule has 0 aromatic rings. The molecule has 0 radical (unpaired) electrons. The van der Waals surface area contributed by atoms with Crippen LogP contribution in [0.4, 0.5) is 0 Å². The molecule has 2 aliphatic rings. The summed E-state index contributed by atoms with van der Waals surface area (Å²) in [5.74, 6) is 3.94. The largest absolute Gasteiger partial charge is 0.393 e. The van der Waals surface area contributed by atoms with Gasteiger partial charge < -0.3 is 10.2 Å². The van der Waals surface area contributed by atoms with Crippen LogP contribution in [0.2, 0.25) is 0 Å². The third-order valence-electron chi connectivity index (χ3n) is 8.02. The van der Waals surface area contributed by atoms with Gasteiger partial charge in [-0.05, 0) is 75.0 Å². The predicted octanol–water partition coefficient (Wildman–Crippen LogP) is 6.19. The van der Waals surface area contributed by atoms with E-state index in [2.05, 4.69) is 13.8 Å². The summed E-state index contributed by atoms with van der Waals surface area (Å²) in [6.45, 7) is 8.81. The Balaban J connectivity index is 1.81. The van der Waals surface area contributed by atoms with Crippen molar-refractivity contribution in [3.8, 4) is 0 Å². The number of rotatable bonds is 9. The Morgan fingerprint density at radius 1 is 0.654 bits per heavy atom. The van der Waals surface area contributed by atoms with Gasteiger partial charge in [0, 0.05) is 0 Å². The summed E-state index contributed by atoms with van der Waals surface area (Å²) >= 11 is 0. The van der Waals surface area contributed by atoms with Crippen LogP contribution in [0.25, 0.3) is 0 Å². The minimum atomic E-state index is -0.175. The number of aliphatic hydroxyl groups is 2. The lowest BCUT2D eigenvalue weighted by molar-refractivity contribution is 0.0339. The van der Waals surface area contributed by atoms with E-state index in [-0.39, 0.29) is 12.2 Å². The van der Waals surface area contributed by atoms with E-state index in [1.165, 1.54) is 77.0 Å². The van der Waals surface area contributed by atoms with E-state index >= 15 is 0 Å². The number of hydrogen-bond acceptors (Lipinski definition) is 2. The first-order chi connectivity index (χ1) is 12.4. The Morgan fingerprint density at radius 3 is 1.31 bits per heavy atom. The molecule has 2 saturated carbocycles. The lowest BCUT2D eigenvalue weighted by Gasteiger charge is -2.38. The highest BCUT2D eigenvalue weighted by Gasteiger charge is 2.33. The Labute approximate surface area is 163 Å². The van der Waals surface area contributed by atoms with Crippen molar-refractivity contribution in [3.63, 3.8) is 0 Å². The first-order valence-electron chi connectivity index (χ1n) is 11.8. The Bertz CT molecular complexity index is 342. The number of hydrogen-bond donors (Lipinski definition) is 2. The normalized spacial score (nSPS) is 34.8. The van der Waals surface area contributed by atoms with Gasteiger partial charge in [0.05, 0.1) is 12.2 Å². The SMILES string of the molecule is CC(O)C(CCCCC(C(C)O)C1CCCCC1C)C1CCCCC1C. The lowest BCUT2D eigenvalue weighted by atomic mass is 9.69. The van der Waals surface area contributed by atoms with Gasteiger partial charge >= 0.3 is 0 Å². The van der Waals surface area contributed by atoms with Crippen LogP contribution in [0, 0.1) is 35.5 Å². The Morgan fingerprint density at radius 2 is 1.00 bits per heavy atom. The standard InChI is InChI=1S/C24H46O2/c1-17-11-5-7-13-21(17)23(19(3)25)15-9-10-16-24(20(4)26)22-14-8-6-12-18(22)2/h17-26H,5-16H2,1-4H3. The van der Waals surface area contributed by atoms with Crippen molar-refractivity contribution in [2.45, 2.75) is 117 Å². The van der Waals surface area contributed by atoms with Crippen LogP contribution in [0.5, 0.6) is 0 Å². The van der Waals surface area contributed by atoms with Crippen molar-refractivity contribution < 1.29 is 10.2 Å². The third kappa shape index (κ3) is 6.23. The molecule has 0 aromatic carbocycles. The quantitative estimate of drug-likeness (QED) is 0.477. The summed E-state index contributed by atoms with van der Waals surface area (Å²) in [5, 5.41) is 20.8. The second kappa shape index (κ2) is 11.1. The van der Waals surface area contributed by atoms with Crippen LogP contribution >= 0.6 is 0 Å². The van der Waals surface area contributed by atoms with Gasteiger partial charge in [0.1, 0.15) is 0 Å². The van der Waals surface area contributed by atoms with Gasteiger partial charge in [0.25, 0.3) is 0 Å². The van der Waals surface area contributed by atoms with E-state index in [4.69, 9.17) is 0 Å². The molecule has 2 aliphatic carbocycles. The molecule has 2 rings (SSSR count). The van der Waals surface area contributed by atoms with Gasteiger partial charge in [-0.15, -0.1) is 0 Å². The first-order valence-corrected chi connectivity index (χ1v) is 11.8.